The Morgan fingerprint density at radius 1 is 1.12 bits per heavy atom. The number of hydrogen-bond acceptors (Lipinski definition) is 5. The van der Waals surface area contributed by atoms with Crippen LogP contribution in [0.2, 0.25) is 0 Å². The number of aromatic nitrogens is 3. The molecule has 2 fully saturated rings. The standard InChI is InChI=1S/C23H26BrN5O3S/c1-14-11-19(15-6-7-15)25-22-13-20(26-29(14)22)21-5-3-4-10-28(21)23(30)17-12-16(24)8-9-18(17)27-33(2,31)32/h8-9,11-13,15,21,27H,3-7,10H2,1-2H3. The van der Waals surface area contributed by atoms with Crippen molar-refractivity contribution in [3.8, 4) is 0 Å². The highest BCUT2D eigenvalue weighted by Crippen LogP contribution is 2.40. The van der Waals surface area contributed by atoms with Gasteiger partial charge in [-0.1, -0.05) is 15.9 Å². The fraction of sp³-hybridized carbons (Fsp3) is 0.435. The van der Waals surface area contributed by atoms with Crippen molar-refractivity contribution in [3.63, 3.8) is 0 Å². The zero-order valence-electron chi connectivity index (χ0n) is 18.6. The molecule has 1 amide bonds. The van der Waals surface area contributed by atoms with Crippen LogP contribution in [0.5, 0.6) is 0 Å². The van der Waals surface area contributed by atoms with E-state index in [4.69, 9.17) is 10.1 Å². The summed E-state index contributed by atoms with van der Waals surface area (Å²) in [5, 5.41) is 4.82. The maximum Gasteiger partial charge on any atom is 0.256 e. The number of nitrogens with zero attached hydrogens (tertiary/aromatic N) is 4. The van der Waals surface area contributed by atoms with E-state index in [1.54, 1.807) is 18.2 Å². The van der Waals surface area contributed by atoms with Crippen molar-refractivity contribution in [2.75, 3.05) is 17.5 Å². The van der Waals surface area contributed by atoms with Crippen LogP contribution in [-0.4, -0.2) is 46.6 Å². The first-order valence-electron chi connectivity index (χ1n) is 11.1. The lowest BCUT2D eigenvalue weighted by Gasteiger charge is -2.35. The number of likely N-dealkylation sites (tertiary alicyclic amines) is 1. The summed E-state index contributed by atoms with van der Waals surface area (Å²) in [6, 6.07) is 8.89. The van der Waals surface area contributed by atoms with Crippen LogP contribution in [-0.2, 0) is 10.0 Å². The minimum Gasteiger partial charge on any atom is -0.330 e. The quantitative estimate of drug-likeness (QED) is 0.525. The summed E-state index contributed by atoms with van der Waals surface area (Å²) in [6.45, 7) is 2.62. The number of anilines is 1. The topological polar surface area (TPSA) is 96.7 Å². The van der Waals surface area contributed by atoms with Crippen LogP contribution in [0.15, 0.2) is 34.8 Å². The minimum atomic E-state index is -3.53. The van der Waals surface area contributed by atoms with Gasteiger partial charge in [-0.25, -0.2) is 17.9 Å². The van der Waals surface area contributed by atoms with Crippen molar-refractivity contribution in [3.05, 3.63) is 57.4 Å². The summed E-state index contributed by atoms with van der Waals surface area (Å²) in [6.07, 6.45) is 6.13. The Balaban J connectivity index is 1.52. The highest BCUT2D eigenvalue weighted by atomic mass is 79.9. The van der Waals surface area contributed by atoms with Gasteiger partial charge < -0.3 is 4.90 Å². The van der Waals surface area contributed by atoms with Gasteiger partial charge in [-0.3, -0.25) is 9.52 Å². The van der Waals surface area contributed by atoms with Gasteiger partial charge in [-0.15, -0.1) is 0 Å². The molecule has 0 radical (unpaired) electrons. The molecule has 3 heterocycles. The molecule has 1 aliphatic carbocycles. The number of benzene rings is 1. The van der Waals surface area contributed by atoms with Gasteiger partial charge >= 0.3 is 0 Å². The number of amides is 1. The number of halogens is 1. The molecule has 3 aromatic rings. The monoisotopic (exact) mass is 531 g/mol. The Labute approximate surface area is 201 Å². The van der Waals surface area contributed by atoms with Crippen molar-refractivity contribution >= 4 is 43.2 Å². The molecule has 33 heavy (non-hydrogen) atoms. The van der Waals surface area contributed by atoms with Crippen molar-refractivity contribution in [2.24, 2.45) is 0 Å². The largest absolute Gasteiger partial charge is 0.330 e. The maximum atomic E-state index is 13.7. The molecule has 2 aromatic heterocycles. The second-order valence-electron chi connectivity index (χ2n) is 9.01. The van der Waals surface area contributed by atoms with Crippen LogP contribution in [0.4, 0.5) is 5.69 Å². The average molecular weight is 532 g/mol. The zero-order valence-corrected chi connectivity index (χ0v) is 21.0. The van der Waals surface area contributed by atoms with E-state index in [2.05, 4.69) is 26.7 Å². The molecule has 5 rings (SSSR count). The Kier molecular flexibility index (Phi) is 5.68. The highest BCUT2D eigenvalue weighted by Gasteiger charge is 2.33. The van der Waals surface area contributed by atoms with Crippen molar-refractivity contribution < 1.29 is 13.2 Å². The van der Waals surface area contributed by atoms with E-state index in [9.17, 15) is 13.2 Å². The van der Waals surface area contributed by atoms with E-state index in [0.717, 1.165) is 48.2 Å². The third-order valence-electron chi connectivity index (χ3n) is 6.25. The number of piperidine rings is 1. The predicted octanol–water partition coefficient (Wildman–Crippen LogP) is 4.42. The number of sulfonamides is 1. The molecule has 1 saturated carbocycles. The lowest BCUT2D eigenvalue weighted by molar-refractivity contribution is 0.0606. The van der Waals surface area contributed by atoms with E-state index < -0.39 is 10.0 Å². The van der Waals surface area contributed by atoms with Gasteiger partial charge in [0.2, 0.25) is 10.0 Å². The number of carbonyl (C=O) groups is 1. The van der Waals surface area contributed by atoms with Gasteiger partial charge in [-0.05, 0) is 63.3 Å². The molecule has 0 spiro atoms. The van der Waals surface area contributed by atoms with E-state index in [1.807, 2.05) is 22.4 Å². The summed E-state index contributed by atoms with van der Waals surface area (Å²) < 4.78 is 28.8. The van der Waals surface area contributed by atoms with Gasteiger partial charge in [0.25, 0.3) is 5.91 Å². The van der Waals surface area contributed by atoms with E-state index in [0.29, 0.717) is 22.5 Å². The SMILES string of the molecule is Cc1cc(C2CC2)nc2cc(C3CCCCN3C(=O)c3cc(Br)ccc3NS(C)(=O)=O)nn12. The molecule has 8 nitrogen and oxygen atoms in total. The number of rotatable bonds is 5. The molecule has 174 valence electrons. The smallest absolute Gasteiger partial charge is 0.256 e. The number of carbonyl (C=O) groups excluding carboxylic acids is 1. The lowest BCUT2D eigenvalue weighted by Crippen LogP contribution is -2.39. The predicted molar refractivity (Wildman–Crippen MR) is 130 cm³/mol. The Bertz CT molecular complexity index is 1350. The summed E-state index contributed by atoms with van der Waals surface area (Å²) in [5.74, 6) is 0.338. The molecular weight excluding hydrogens is 506 g/mol. The van der Waals surface area contributed by atoms with Crippen LogP contribution in [0.1, 0.15) is 71.5 Å². The van der Waals surface area contributed by atoms with Gasteiger partial charge in [0, 0.05) is 34.4 Å². The van der Waals surface area contributed by atoms with Crippen molar-refractivity contribution in [2.45, 2.75) is 51.0 Å². The van der Waals surface area contributed by atoms with Gasteiger partial charge in [0.15, 0.2) is 5.65 Å². The molecule has 1 aliphatic heterocycles. The van der Waals surface area contributed by atoms with E-state index >= 15 is 0 Å². The molecule has 1 aromatic carbocycles. The number of hydrogen-bond donors (Lipinski definition) is 1. The summed E-state index contributed by atoms with van der Waals surface area (Å²) >= 11 is 3.41. The number of fused-ring (bicyclic) bond motifs is 1. The first-order valence-corrected chi connectivity index (χ1v) is 13.8. The van der Waals surface area contributed by atoms with E-state index in [1.165, 1.54) is 12.8 Å². The van der Waals surface area contributed by atoms with Gasteiger partial charge in [0.05, 0.1) is 29.2 Å². The van der Waals surface area contributed by atoms with Crippen LogP contribution in [0, 0.1) is 6.92 Å². The Morgan fingerprint density at radius 3 is 2.64 bits per heavy atom. The third-order valence-corrected chi connectivity index (χ3v) is 7.34. The molecule has 10 heteroatoms. The fourth-order valence-corrected chi connectivity index (χ4v) is 5.48. The third kappa shape index (κ3) is 4.63. The van der Waals surface area contributed by atoms with Crippen LogP contribution in [0.25, 0.3) is 5.65 Å². The molecule has 1 atom stereocenters. The van der Waals surface area contributed by atoms with Crippen LogP contribution >= 0.6 is 15.9 Å². The normalized spacial score (nSPS) is 19.1. The first-order chi connectivity index (χ1) is 15.7. The second-order valence-corrected chi connectivity index (χ2v) is 11.7. The molecule has 1 saturated heterocycles. The molecule has 2 aliphatic rings. The van der Waals surface area contributed by atoms with Crippen molar-refractivity contribution in [1.29, 1.82) is 0 Å². The summed E-state index contributed by atoms with van der Waals surface area (Å²) in [7, 11) is -3.53. The van der Waals surface area contributed by atoms with Crippen LogP contribution < -0.4 is 4.72 Å². The second kappa shape index (κ2) is 8.39. The van der Waals surface area contributed by atoms with Crippen molar-refractivity contribution in [1.82, 2.24) is 19.5 Å². The van der Waals surface area contributed by atoms with Crippen LogP contribution in [0.3, 0.4) is 0 Å². The summed E-state index contributed by atoms with van der Waals surface area (Å²) in [4.78, 5) is 20.3. The molecule has 1 N–H and O–H groups in total. The highest BCUT2D eigenvalue weighted by molar-refractivity contribution is 9.10. The molecule has 0 bridgehead atoms. The Morgan fingerprint density at radius 2 is 1.91 bits per heavy atom. The fourth-order valence-electron chi connectivity index (χ4n) is 4.54. The molecule has 1 unspecified atom stereocenters. The molecular formula is C23H26BrN5O3S. The van der Waals surface area contributed by atoms with Gasteiger partial charge in [0.1, 0.15) is 0 Å². The first kappa shape index (κ1) is 22.3. The van der Waals surface area contributed by atoms with Gasteiger partial charge in [-0.2, -0.15) is 5.10 Å². The minimum absolute atomic E-state index is 0.193. The summed E-state index contributed by atoms with van der Waals surface area (Å²) in [5.41, 5.74) is 4.38. The Hall–Kier alpha value is -2.46. The zero-order chi connectivity index (χ0) is 23.3. The number of aryl methyl sites for hydroxylation is 1. The average Bonchev–Trinajstić information content (AvgIpc) is 3.52. The van der Waals surface area contributed by atoms with E-state index in [-0.39, 0.29) is 17.6 Å². The lowest BCUT2D eigenvalue weighted by atomic mass is 9.98. The number of nitrogens with one attached hydrogen (secondary N) is 1. The maximum absolute atomic E-state index is 13.7.